The van der Waals surface area contributed by atoms with E-state index in [4.69, 9.17) is 11.6 Å². The number of benzene rings is 2. The average Bonchev–Trinajstić information content (AvgIpc) is 2.59. The Hall–Kier alpha value is -2.77. The van der Waals surface area contributed by atoms with Crippen LogP contribution in [0.15, 0.2) is 48.2 Å². The first-order valence-corrected chi connectivity index (χ1v) is 8.75. The summed E-state index contributed by atoms with van der Waals surface area (Å²) in [6, 6.07) is 13.2. The number of anilines is 2. The summed E-state index contributed by atoms with van der Waals surface area (Å²) in [5.41, 5.74) is 4.54. The molecule has 2 aromatic carbocycles. The number of hydrogen-bond donors (Lipinski definition) is 2. The van der Waals surface area contributed by atoms with Crippen LogP contribution in [0.3, 0.4) is 0 Å². The maximum absolute atomic E-state index is 12.4. The van der Waals surface area contributed by atoms with Crippen molar-refractivity contribution in [3.8, 4) is 6.07 Å². The molecule has 0 bridgehead atoms. The third-order valence-electron chi connectivity index (χ3n) is 4.10. The van der Waals surface area contributed by atoms with E-state index in [1.54, 1.807) is 12.1 Å². The fraction of sp³-hybridized carbons (Fsp3) is 0.238. The molecule has 26 heavy (non-hydrogen) atoms. The van der Waals surface area contributed by atoms with E-state index in [1.165, 1.54) is 6.20 Å². The second-order valence-electron chi connectivity index (χ2n) is 6.42. The first kappa shape index (κ1) is 19.6. The summed E-state index contributed by atoms with van der Waals surface area (Å²) in [5, 5.41) is 15.8. The SMILES string of the molecule is Cc1ccc(Cl)cc1NC(=O)/C(C#N)=C\Nc1c(C)cccc1C(C)C. The van der Waals surface area contributed by atoms with Crippen LogP contribution in [0.4, 0.5) is 11.4 Å². The van der Waals surface area contributed by atoms with Gasteiger partial charge in [0.1, 0.15) is 11.6 Å². The van der Waals surface area contributed by atoms with Crippen molar-refractivity contribution in [3.63, 3.8) is 0 Å². The summed E-state index contributed by atoms with van der Waals surface area (Å²) in [5.74, 6) is -0.163. The summed E-state index contributed by atoms with van der Waals surface area (Å²) < 4.78 is 0. The Labute approximate surface area is 159 Å². The quantitative estimate of drug-likeness (QED) is 0.538. The van der Waals surface area contributed by atoms with E-state index in [0.29, 0.717) is 16.6 Å². The fourth-order valence-electron chi connectivity index (χ4n) is 2.58. The van der Waals surface area contributed by atoms with Gasteiger partial charge in [-0.3, -0.25) is 4.79 Å². The van der Waals surface area contributed by atoms with Crippen molar-refractivity contribution in [3.05, 3.63) is 69.9 Å². The lowest BCUT2D eigenvalue weighted by molar-refractivity contribution is -0.112. The average molecular weight is 368 g/mol. The lowest BCUT2D eigenvalue weighted by Crippen LogP contribution is -2.15. The molecular formula is C21H22ClN3O. The first-order chi connectivity index (χ1) is 12.3. The second-order valence-corrected chi connectivity index (χ2v) is 6.86. The monoisotopic (exact) mass is 367 g/mol. The third-order valence-corrected chi connectivity index (χ3v) is 4.34. The molecule has 4 nitrogen and oxygen atoms in total. The van der Waals surface area contributed by atoms with Gasteiger partial charge in [-0.15, -0.1) is 0 Å². The summed E-state index contributed by atoms with van der Waals surface area (Å²) in [6.45, 7) is 8.05. The number of carbonyl (C=O) groups is 1. The highest BCUT2D eigenvalue weighted by Crippen LogP contribution is 2.27. The zero-order valence-corrected chi connectivity index (χ0v) is 16.1. The minimum atomic E-state index is -0.481. The van der Waals surface area contributed by atoms with Gasteiger partial charge in [0.2, 0.25) is 0 Å². The summed E-state index contributed by atoms with van der Waals surface area (Å²) in [4.78, 5) is 12.4. The van der Waals surface area contributed by atoms with Crippen LogP contribution < -0.4 is 10.6 Å². The molecule has 0 heterocycles. The molecule has 0 atom stereocenters. The largest absolute Gasteiger partial charge is 0.360 e. The van der Waals surface area contributed by atoms with Crippen LogP contribution in [0.1, 0.15) is 36.5 Å². The third kappa shape index (κ3) is 4.65. The van der Waals surface area contributed by atoms with Gasteiger partial charge < -0.3 is 10.6 Å². The molecule has 2 N–H and O–H groups in total. The van der Waals surface area contributed by atoms with Crippen LogP contribution in [0, 0.1) is 25.2 Å². The first-order valence-electron chi connectivity index (χ1n) is 8.37. The number of rotatable bonds is 5. The number of amides is 1. The Balaban J connectivity index is 2.25. The van der Waals surface area contributed by atoms with Gasteiger partial charge in [-0.25, -0.2) is 0 Å². The molecule has 0 saturated heterocycles. The predicted octanol–water partition coefficient (Wildman–Crippen LogP) is 5.54. The number of halogens is 1. The summed E-state index contributed by atoms with van der Waals surface area (Å²) in [6.07, 6.45) is 1.45. The molecule has 0 aromatic heterocycles. The number of nitrogens with one attached hydrogen (secondary N) is 2. The van der Waals surface area contributed by atoms with Gasteiger partial charge in [0, 0.05) is 22.6 Å². The van der Waals surface area contributed by atoms with E-state index < -0.39 is 5.91 Å². The molecule has 0 spiro atoms. The number of nitrogens with zero attached hydrogens (tertiary/aromatic N) is 1. The van der Waals surface area contributed by atoms with E-state index in [0.717, 1.165) is 22.4 Å². The lowest BCUT2D eigenvalue weighted by atomic mass is 9.98. The molecule has 0 aliphatic rings. The van der Waals surface area contributed by atoms with Crippen LogP contribution in [-0.4, -0.2) is 5.91 Å². The highest BCUT2D eigenvalue weighted by Gasteiger charge is 2.13. The number of carbonyl (C=O) groups excluding carboxylic acids is 1. The van der Waals surface area contributed by atoms with Gasteiger partial charge in [0.05, 0.1) is 0 Å². The number of aryl methyl sites for hydroxylation is 2. The Morgan fingerprint density at radius 2 is 1.92 bits per heavy atom. The molecule has 0 radical (unpaired) electrons. The summed E-state index contributed by atoms with van der Waals surface area (Å²) >= 11 is 5.98. The molecule has 0 fully saturated rings. The smallest absolute Gasteiger partial charge is 0.267 e. The van der Waals surface area contributed by atoms with Crippen molar-refractivity contribution in [1.29, 1.82) is 5.26 Å². The molecule has 0 saturated carbocycles. The van der Waals surface area contributed by atoms with Gasteiger partial charge in [-0.2, -0.15) is 5.26 Å². The van der Waals surface area contributed by atoms with Crippen LogP contribution in [0.2, 0.25) is 5.02 Å². The van der Waals surface area contributed by atoms with Gasteiger partial charge in [-0.1, -0.05) is 49.7 Å². The maximum Gasteiger partial charge on any atom is 0.267 e. The Morgan fingerprint density at radius 3 is 2.58 bits per heavy atom. The van der Waals surface area contributed by atoms with Crippen molar-refractivity contribution in [1.82, 2.24) is 0 Å². The van der Waals surface area contributed by atoms with Crippen LogP contribution in [0.25, 0.3) is 0 Å². The fourth-order valence-corrected chi connectivity index (χ4v) is 2.75. The van der Waals surface area contributed by atoms with E-state index in [9.17, 15) is 10.1 Å². The number of para-hydroxylation sites is 1. The van der Waals surface area contributed by atoms with Crippen molar-refractivity contribution in [2.24, 2.45) is 0 Å². The normalized spacial score (nSPS) is 11.2. The topological polar surface area (TPSA) is 64.9 Å². The van der Waals surface area contributed by atoms with Gasteiger partial charge in [0.15, 0.2) is 0 Å². The highest BCUT2D eigenvalue weighted by molar-refractivity contribution is 6.31. The van der Waals surface area contributed by atoms with Gasteiger partial charge in [-0.05, 0) is 48.6 Å². The Morgan fingerprint density at radius 1 is 1.19 bits per heavy atom. The van der Waals surface area contributed by atoms with Crippen molar-refractivity contribution in [2.45, 2.75) is 33.6 Å². The van der Waals surface area contributed by atoms with Gasteiger partial charge >= 0.3 is 0 Å². The molecule has 2 aromatic rings. The van der Waals surface area contributed by atoms with Crippen LogP contribution in [0.5, 0.6) is 0 Å². The molecule has 1 amide bonds. The van der Waals surface area contributed by atoms with E-state index in [-0.39, 0.29) is 5.57 Å². The van der Waals surface area contributed by atoms with Gasteiger partial charge in [0.25, 0.3) is 5.91 Å². The molecule has 134 valence electrons. The summed E-state index contributed by atoms with van der Waals surface area (Å²) in [7, 11) is 0. The standard InChI is InChI=1S/C21H22ClN3O/c1-13(2)18-7-5-6-15(4)20(18)24-12-16(11-23)21(26)25-19-10-17(22)9-8-14(19)3/h5-10,12-13,24H,1-4H3,(H,25,26)/b16-12-. The lowest BCUT2D eigenvalue weighted by Gasteiger charge is -2.15. The van der Waals surface area contributed by atoms with E-state index >= 15 is 0 Å². The minimum absolute atomic E-state index is 0.0117. The molecule has 2 rings (SSSR count). The Bertz CT molecular complexity index is 895. The van der Waals surface area contributed by atoms with E-state index in [1.807, 2.05) is 44.2 Å². The molecule has 0 aliphatic heterocycles. The second kappa shape index (κ2) is 8.55. The van der Waals surface area contributed by atoms with E-state index in [2.05, 4.69) is 24.5 Å². The molecule has 0 aliphatic carbocycles. The zero-order valence-electron chi connectivity index (χ0n) is 15.4. The molecular weight excluding hydrogens is 346 g/mol. The maximum atomic E-state index is 12.4. The minimum Gasteiger partial charge on any atom is -0.360 e. The zero-order chi connectivity index (χ0) is 19.3. The number of nitriles is 1. The number of hydrogen-bond acceptors (Lipinski definition) is 3. The molecule has 5 heteroatoms. The van der Waals surface area contributed by atoms with Crippen molar-refractivity contribution < 1.29 is 4.79 Å². The predicted molar refractivity (Wildman–Crippen MR) is 107 cm³/mol. The molecule has 0 unspecified atom stereocenters. The van der Waals surface area contributed by atoms with Crippen LogP contribution >= 0.6 is 11.6 Å². The van der Waals surface area contributed by atoms with Crippen LogP contribution in [-0.2, 0) is 4.79 Å². The van der Waals surface area contributed by atoms with Crippen molar-refractivity contribution in [2.75, 3.05) is 10.6 Å². The highest BCUT2D eigenvalue weighted by atomic mass is 35.5. The Kier molecular flexibility index (Phi) is 6.43. The van der Waals surface area contributed by atoms with Crippen molar-refractivity contribution >= 4 is 28.9 Å².